The van der Waals surface area contributed by atoms with Crippen molar-refractivity contribution < 1.29 is 0 Å². The molecule has 0 radical (unpaired) electrons. The number of nitrogens with two attached hydrogens (primary N) is 1. The van der Waals surface area contributed by atoms with E-state index in [0.29, 0.717) is 16.9 Å². The molecule has 3 rings (SSSR count). The Balaban J connectivity index is 1.91. The highest BCUT2D eigenvalue weighted by Gasteiger charge is 2.27. The van der Waals surface area contributed by atoms with Gasteiger partial charge in [0.15, 0.2) is 5.16 Å². The molecule has 0 spiro atoms. The van der Waals surface area contributed by atoms with Crippen LogP contribution in [0.25, 0.3) is 0 Å². The lowest BCUT2D eigenvalue weighted by molar-refractivity contribution is 0.861. The van der Waals surface area contributed by atoms with Gasteiger partial charge in [-0.15, -0.1) is 0 Å². The van der Waals surface area contributed by atoms with E-state index in [2.05, 4.69) is 19.9 Å². The fraction of sp³-hybridized carbons (Fsp3) is 0.429. The van der Waals surface area contributed by atoms with Crippen LogP contribution in [0.1, 0.15) is 41.5 Å². The normalized spacial score (nSPS) is 14.6. The lowest BCUT2D eigenvalue weighted by Crippen LogP contribution is -2.01. The Morgan fingerprint density at radius 3 is 2.30 bits per heavy atom. The van der Waals surface area contributed by atoms with Gasteiger partial charge in [0.05, 0.1) is 0 Å². The van der Waals surface area contributed by atoms with Crippen molar-refractivity contribution in [3.05, 3.63) is 28.8 Å². The van der Waals surface area contributed by atoms with Crippen LogP contribution in [0.2, 0.25) is 0 Å². The molecule has 5 nitrogen and oxygen atoms in total. The number of hydrogen-bond acceptors (Lipinski definition) is 6. The Labute approximate surface area is 122 Å². The maximum absolute atomic E-state index is 5.86. The molecule has 0 bridgehead atoms. The fourth-order valence-electron chi connectivity index (χ4n) is 1.92. The summed E-state index contributed by atoms with van der Waals surface area (Å²) in [7, 11) is 0. The molecule has 0 atom stereocenters. The van der Waals surface area contributed by atoms with Gasteiger partial charge >= 0.3 is 0 Å². The summed E-state index contributed by atoms with van der Waals surface area (Å²) in [5.74, 6) is 1.86. The average molecular weight is 287 g/mol. The summed E-state index contributed by atoms with van der Waals surface area (Å²) in [5, 5.41) is 1.53. The minimum Gasteiger partial charge on any atom is -0.384 e. The molecule has 0 aliphatic heterocycles. The zero-order chi connectivity index (χ0) is 14.3. The largest absolute Gasteiger partial charge is 0.384 e. The Kier molecular flexibility index (Phi) is 3.33. The predicted octanol–water partition coefficient (Wildman–Crippen LogP) is 2.80. The van der Waals surface area contributed by atoms with Crippen LogP contribution in [0, 0.1) is 20.8 Å². The molecule has 0 unspecified atom stereocenters. The number of anilines is 1. The summed E-state index contributed by atoms with van der Waals surface area (Å²) in [6, 6.07) is 1.78. The van der Waals surface area contributed by atoms with Gasteiger partial charge in [0, 0.05) is 23.4 Å². The first-order chi connectivity index (χ1) is 9.52. The second kappa shape index (κ2) is 5.01. The van der Waals surface area contributed by atoms with Crippen molar-refractivity contribution in [2.24, 2.45) is 0 Å². The fourth-order valence-corrected chi connectivity index (χ4v) is 2.79. The van der Waals surface area contributed by atoms with Crippen molar-refractivity contribution in [1.29, 1.82) is 0 Å². The molecule has 0 aromatic carbocycles. The van der Waals surface area contributed by atoms with Gasteiger partial charge in [-0.2, -0.15) is 0 Å². The molecule has 6 heteroatoms. The Morgan fingerprint density at radius 1 is 1.05 bits per heavy atom. The first-order valence-electron chi connectivity index (χ1n) is 6.67. The van der Waals surface area contributed by atoms with Crippen molar-refractivity contribution in [2.45, 2.75) is 49.7 Å². The predicted molar refractivity (Wildman–Crippen MR) is 78.8 cm³/mol. The summed E-state index contributed by atoms with van der Waals surface area (Å²) < 4.78 is 0. The molecule has 104 valence electrons. The lowest BCUT2D eigenvalue weighted by atomic mass is 10.2. The topological polar surface area (TPSA) is 77.6 Å². The van der Waals surface area contributed by atoms with Crippen molar-refractivity contribution >= 4 is 17.6 Å². The van der Waals surface area contributed by atoms with E-state index in [1.807, 2.05) is 20.8 Å². The Bertz CT molecular complexity index is 644. The van der Waals surface area contributed by atoms with E-state index in [1.165, 1.54) is 11.8 Å². The first kappa shape index (κ1) is 13.3. The highest BCUT2D eigenvalue weighted by Crippen LogP contribution is 2.39. The van der Waals surface area contributed by atoms with Gasteiger partial charge in [-0.1, -0.05) is 0 Å². The van der Waals surface area contributed by atoms with Crippen molar-refractivity contribution in [3.8, 4) is 0 Å². The van der Waals surface area contributed by atoms with Crippen LogP contribution in [0.3, 0.4) is 0 Å². The molecule has 20 heavy (non-hydrogen) atoms. The van der Waals surface area contributed by atoms with Crippen LogP contribution >= 0.6 is 11.8 Å². The van der Waals surface area contributed by atoms with Crippen LogP contribution in [0.4, 0.5) is 5.82 Å². The van der Waals surface area contributed by atoms with Gasteiger partial charge in [-0.25, -0.2) is 19.9 Å². The Hall–Kier alpha value is -1.69. The first-order valence-corrected chi connectivity index (χ1v) is 7.48. The number of nitrogen functional groups attached to an aromatic ring is 1. The Morgan fingerprint density at radius 2 is 1.70 bits per heavy atom. The SMILES string of the molecule is Cc1nc(Sc2cc(N)nc(C3CC3)n2)nc(C)c1C. The van der Waals surface area contributed by atoms with Crippen LogP contribution in [0.15, 0.2) is 16.2 Å². The molecule has 2 aromatic heterocycles. The molecule has 1 aliphatic carbocycles. The molecule has 1 aliphatic rings. The van der Waals surface area contributed by atoms with Crippen molar-refractivity contribution in [1.82, 2.24) is 19.9 Å². The van der Waals surface area contributed by atoms with E-state index in [0.717, 1.165) is 40.6 Å². The third-order valence-electron chi connectivity index (χ3n) is 3.49. The summed E-state index contributed by atoms with van der Waals surface area (Å²) in [4.78, 5) is 17.9. The van der Waals surface area contributed by atoms with E-state index < -0.39 is 0 Å². The summed E-state index contributed by atoms with van der Waals surface area (Å²) >= 11 is 1.44. The zero-order valence-corrected chi connectivity index (χ0v) is 12.7. The van der Waals surface area contributed by atoms with E-state index in [-0.39, 0.29) is 0 Å². The van der Waals surface area contributed by atoms with Crippen LogP contribution in [0.5, 0.6) is 0 Å². The third-order valence-corrected chi connectivity index (χ3v) is 4.27. The molecule has 0 amide bonds. The highest BCUT2D eigenvalue weighted by molar-refractivity contribution is 7.99. The molecule has 2 heterocycles. The average Bonchev–Trinajstić information content (AvgIpc) is 3.19. The van der Waals surface area contributed by atoms with Crippen molar-refractivity contribution in [3.63, 3.8) is 0 Å². The quantitative estimate of drug-likeness (QED) is 0.691. The molecule has 1 fully saturated rings. The van der Waals surface area contributed by atoms with Gasteiger partial charge in [-0.3, -0.25) is 0 Å². The minimum atomic E-state index is 0.486. The minimum absolute atomic E-state index is 0.486. The summed E-state index contributed by atoms with van der Waals surface area (Å²) in [5.41, 5.74) is 9.00. The maximum Gasteiger partial charge on any atom is 0.194 e. The zero-order valence-electron chi connectivity index (χ0n) is 11.8. The molecule has 0 saturated heterocycles. The van der Waals surface area contributed by atoms with Gasteiger partial charge < -0.3 is 5.73 Å². The summed E-state index contributed by atoms with van der Waals surface area (Å²) in [6.45, 7) is 6.03. The molecule has 2 aromatic rings. The number of rotatable bonds is 3. The molecular formula is C14H17N5S. The van der Waals surface area contributed by atoms with Gasteiger partial charge in [0.2, 0.25) is 0 Å². The van der Waals surface area contributed by atoms with E-state index in [4.69, 9.17) is 5.73 Å². The standard InChI is InChI=1S/C14H17N5S/c1-7-8(2)16-14(17-9(7)3)20-12-6-11(15)18-13(19-12)10-4-5-10/h6,10H,4-5H2,1-3H3,(H2,15,18,19). The molecule has 1 saturated carbocycles. The molecule has 2 N–H and O–H groups in total. The van der Waals surface area contributed by atoms with Gasteiger partial charge in [0.1, 0.15) is 16.7 Å². The third kappa shape index (κ3) is 2.75. The van der Waals surface area contributed by atoms with E-state index >= 15 is 0 Å². The summed E-state index contributed by atoms with van der Waals surface area (Å²) in [6.07, 6.45) is 2.32. The van der Waals surface area contributed by atoms with Gasteiger partial charge in [0.25, 0.3) is 0 Å². The molecular weight excluding hydrogens is 270 g/mol. The number of nitrogens with zero attached hydrogens (tertiary/aromatic N) is 4. The smallest absolute Gasteiger partial charge is 0.194 e. The van der Waals surface area contributed by atoms with Crippen LogP contribution < -0.4 is 5.73 Å². The second-order valence-corrected chi connectivity index (χ2v) is 6.16. The number of hydrogen-bond donors (Lipinski definition) is 1. The van der Waals surface area contributed by atoms with Crippen LogP contribution in [-0.2, 0) is 0 Å². The lowest BCUT2D eigenvalue weighted by Gasteiger charge is -2.07. The van der Waals surface area contributed by atoms with Gasteiger partial charge in [-0.05, 0) is 50.9 Å². The maximum atomic E-state index is 5.86. The monoisotopic (exact) mass is 287 g/mol. The number of aromatic nitrogens is 4. The van der Waals surface area contributed by atoms with Crippen LogP contribution in [-0.4, -0.2) is 19.9 Å². The number of aryl methyl sites for hydroxylation is 2. The second-order valence-electron chi connectivity index (χ2n) is 5.17. The van der Waals surface area contributed by atoms with E-state index in [9.17, 15) is 0 Å². The van der Waals surface area contributed by atoms with E-state index in [1.54, 1.807) is 6.07 Å². The highest BCUT2D eigenvalue weighted by atomic mass is 32.2. The van der Waals surface area contributed by atoms with Crippen molar-refractivity contribution in [2.75, 3.05) is 5.73 Å².